The number of benzene rings is 2. The molecule has 5 rings (SSSR count). The number of carbonyl (C=O) groups excluding carboxylic acids is 1. The Kier molecular flexibility index (Phi) is 8.37. The van der Waals surface area contributed by atoms with Crippen LogP contribution in [0.5, 0.6) is 11.5 Å². The lowest BCUT2D eigenvalue weighted by molar-refractivity contribution is -0.143. The van der Waals surface area contributed by atoms with Crippen molar-refractivity contribution in [1.29, 1.82) is 0 Å². The van der Waals surface area contributed by atoms with E-state index in [0.717, 1.165) is 11.8 Å². The lowest BCUT2D eigenvalue weighted by atomic mass is 10.0. The zero-order valence-corrected chi connectivity index (χ0v) is 23.6. The minimum Gasteiger partial charge on any atom is -0.497 e. The molecular weight excluding hydrogens is 551 g/mol. The van der Waals surface area contributed by atoms with Crippen LogP contribution >= 0.6 is 0 Å². The van der Waals surface area contributed by atoms with Crippen molar-refractivity contribution in [3.8, 4) is 22.8 Å². The molecule has 0 unspecified atom stereocenters. The number of methoxy groups -OCH3 is 1. The second-order valence-corrected chi connectivity index (χ2v) is 9.95. The molecule has 2 aromatic heterocycles. The van der Waals surface area contributed by atoms with E-state index in [1.165, 1.54) is 14.0 Å². The maximum atomic E-state index is 14.3. The summed E-state index contributed by atoms with van der Waals surface area (Å²) in [5.74, 6) is 0.793. The van der Waals surface area contributed by atoms with Crippen molar-refractivity contribution >= 4 is 11.6 Å². The highest BCUT2D eigenvalue weighted by Gasteiger charge is 2.39. The molecule has 2 aromatic carbocycles. The Labute approximate surface area is 241 Å². The van der Waals surface area contributed by atoms with E-state index in [2.05, 4.69) is 15.0 Å². The van der Waals surface area contributed by atoms with Crippen LogP contribution in [-0.2, 0) is 6.18 Å². The Balaban J connectivity index is 1.44. The number of ether oxygens (including phenoxy) is 2. The van der Waals surface area contributed by atoms with E-state index in [-0.39, 0.29) is 35.1 Å². The van der Waals surface area contributed by atoms with Gasteiger partial charge < -0.3 is 19.5 Å². The highest BCUT2D eigenvalue weighted by Crippen LogP contribution is 2.37. The van der Waals surface area contributed by atoms with Crippen molar-refractivity contribution in [1.82, 2.24) is 24.4 Å². The summed E-state index contributed by atoms with van der Waals surface area (Å²) in [4.78, 5) is 21.8. The van der Waals surface area contributed by atoms with Crippen molar-refractivity contribution in [2.24, 2.45) is 0 Å². The third-order valence-electron chi connectivity index (χ3n) is 7.54. The summed E-state index contributed by atoms with van der Waals surface area (Å²) >= 11 is 0. The number of aliphatic hydroxyl groups is 1. The van der Waals surface area contributed by atoms with Gasteiger partial charge in [-0.25, -0.2) is 9.50 Å². The third kappa shape index (κ3) is 5.51. The molecule has 4 aromatic rings. The zero-order valence-electron chi connectivity index (χ0n) is 23.6. The van der Waals surface area contributed by atoms with E-state index < -0.39 is 17.8 Å². The van der Waals surface area contributed by atoms with Gasteiger partial charge in [0.15, 0.2) is 11.3 Å². The molecule has 1 N–H and O–H groups in total. The fraction of sp³-hybridized carbons (Fsp3) is 0.367. The number of fused-ring (bicyclic) bond motifs is 1. The van der Waals surface area contributed by atoms with Gasteiger partial charge in [0.2, 0.25) is 0 Å². The van der Waals surface area contributed by atoms with Gasteiger partial charge in [-0.05, 0) is 44.2 Å². The normalized spacial score (nSPS) is 15.2. The highest BCUT2D eigenvalue weighted by molar-refractivity contribution is 6.00. The molecule has 42 heavy (non-hydrogen) atoms. The average molecular weight is 584 g/mol. The average Bonchev–Trinajstić information content (AvgIpc) is 3.40. The molecule has 3 heterocycles. The Bertz CT molecular complexity index is 1560. The molecule has 1 fully saturated rings. The molecular formula is C30H32F3N5O4. The summed E-state index contributed by atoms with van der Waals surface area (Å²) in [7, 11) is 1.50. The fourth-order valence-corrected chi connectivity index (χ4v) is 5.45. The Hall–Kier alpha value is -4.16. The first kappa shape index (κ1) is 29.3. The molecule has 0 bridgehead atoms. The SMILES string of the molecule is CCOc1ccccc1[C@@H](CO)N1CCN(C(=O)c2cnn3c(C(F)(F)F)c(C)c(-c4ccc(OC)cc4)nc23)CC1. The standard InChI is InChI=1S/C30H32F3N5O4/c1-4-42-25-8-6-5-7-22(25)24(18-39)36-13-15-37(16-14-36)29(40)23-17-34-38-27(30(31,32)33)19(2)26(35-28(23)38)20-9-11-21(41-3)12-10-20/h5-12,17,24,39H,4,13-16,18H2,1-3H3/t24-/m1/s1. The van der Waals surface area contributed by atoms with Crippen LogP contribution in [-0.4, -0.2) is 81.9 Å². The topological polar surface area (TPSA) is 92.4 Å². The van der Waals surface area contributed by atoms with Gasteiger partial charge in [0.1, 0.15) is 17.1 Å². The van der Waals surface area contributed by atoms with Gasteiger partial charge in [-0.3, -0.25) is 9.69 Å². The summed E-state index contributed by atoms with van der Waals surface area (Å²) in [6.07, 6.45) is -3.58. The van der Waals surface area contributed by atoms with Gasteiger partial charge in [0.05, 0.1) is 38.3 Å². The van der Waals surface area contributed by atoms with Crippen molar-refractivity contribution in [2.75, 3.05) is 46.5 Å². The number of aliphatic hydroxyl groups excluding tert-OH is 1. The molecule has 1 atom stereocenters. The van der Waals surface area contributed by atoms with Crippen molar-refractivity contribution in [2.45, 2.75) is 26.1 Å². The van der Waals surface area contributed by atoms with E-state index in [0.29, 0.717) is 54.4 Å². The third-order valence-corrected chi connectivity index (χ3v) is 7.54. The van der Waals surface area contributed by atoms with Crippen LogP contribution in [0.1, 0.15) is 40.1 Å². The Morgan fingerprint density at radius 2 is 1.76 bits per heavy atom. The maximum absolute atomic E-state index is 14.3. The quantitative estimate of drug-likeness (QED) is 0.324. The van der Waals surface area contributed by atoms with Gasteiger partial charge in [0, 0.05) is 42.9 Å². The minimum atomic E-state index is -4.73. The van der Waals surface area contributed by atoms with Crippen molar-refractivity contribution < 1.29 is 32.5 Å². The van der Waals surface area contributed by atoms with Gasteiger partial charge in [-0.1, -0.05) is 18.2 Å². The Morgan fingerprint density at radius 3 is 2.38 bits per heavy atom. The van der Waals surface area contributed by atoms with E-state index in [9.17, 15) is 23.1 Å². The van der Waals surface area contributed by atoms with Gasteiger partial charge in [-0.15, -0.1) is 0 Å². The summed E-state index contributed by atoms with van der Waals surface area (Å²) in [5, 5.41) is 14.2. The van der Waals surface area contributed by atoms with Crippen LogP contribution in [0, 0.1) is 6.92 Å². The lowest BCUT2D eigenvalue weighted by Gasteiger charge is -2.39. The van der Waals surface area contributed by atoms with E-state index in [1.54, 1.807) is 29.2 Å². The molecule has 12 heteroatoms. The Morgan fingerprint density at radius 1 is 1.07 bits per heavy atom. The number of hydrogen-bond acceptors (Lipinski definition) is 7. The van der Waals surface area contributed by atoms with Gasteiger partial charge in [-0.2, -0.15) is 18.3 Å². The number of hydrogen-bond donors (Lipinski definition) is 1. The van der Waals surface area contributed by atoms with Crippen molar-refractivity contribution in [3.63, 3.8) is 0 Å². The number of aromatic nitrogens is 3. The van der Waals surface area contributed by atoms with Crippen LogP contribution < -0.4 is 9.47 Å². The summed E-state index contributed by atoms with van der Waals surface area (Å²) in [6, 6.07) is 13.7. The van der Waals surface area contributed by atoms with Crippen molar-refractivity contribution in [3.05, 3.63) is 77.1 Å². The zero-order chi connectivity index (χ0) is 30.0. The monoisotopic (exact) mass is 583 g/mol. The molecule has 1 saturated heterocycles. The molecule has 1 amide bonds. The van der Waals surface area contributed by atoms with Crippen LogP contribution in [0.2, 0.25) is 0 Å². The van der Waals surface area contributed by atoms with Crippen LogP contribution in [0.25, 0.3) is 16.9 Å². The number of para-hydroxylation sites is 1. The molecule has 0 spiro atoms. The second kappa shape index (κ2) is 12.0. The molecule has 9 nitrogen and oxygen atoms in total. The summed E-state index contributed by atoms with van der Waals surface area (Å²) in [6.45, 7) is 5.12. The molecule has 222 valence electrons. The smallest absolute Gasteiger partial charge is 0.433 e. The number of rotatable bonds is 8. The van der Waals surface area contributed by atoms with Gasteiger partial charge in [0.25, 0.3) is 5.91 Å². The largest absolute Gasteiger partial charge is 0.497 e. The predicted octanol–water partition coefficient (Wildman–Crippen LogP) is 4.62. The molecule has 0 saturated carbocycles. The summed E-state index contributed by atoms with van der Waals surface area (Å²) in [5.41, 5.74) is 0.162. The number of amides is 1. The predicted molar refractivity (Wildman–Crippen MR) is 150 cm³/mol. The van der Waals surface area contributed by atoms with E-state index >= 15 is 0 Å². The first-order valence-electron chi connectivity index (χ1n) is 13.6. The number of halogens is 3. The molecule has 0 aliphatic carbocycles. The fourth-order valence-electron chi connectivity index (χ4n) is 5.45. The number of alkyl halides is 3. The summed E-state index contributed by atoms with van der Waals surface area (Å²) < 4.78 is 54.5. The molecule has 1 aliphatic heterocycles. The van der Waals surface area contributed by atoms with Crippen LogP contribution in [0.4, 0.5) is 13.2 Å². The van der Waals surface area contributed by atoms with Crippen LogP contribution in [0.15, 0.2) is 54.7 Å². The lowest BCUT2D eigenvalue weighted by Crippen LogP contribution is -2.50. The second-order valence-electron chi connectivity index (χ2n) is 9.95. The van der Waals surface area contributed by atoms with Crippen LogP contribution in [0.3, 0.4) is 0 Å². The maximum Gasteiger partial charge on any atom is 0.433 e. The minimum absolute atomic E-state index is 0.0101. The number of piperazine rings is 1. The first-order chi connectivity index (χ1) is 20.2. The number of carbonyl (C=O) groups is 1. The molecule has 1 aliphatic rings. The molecule has 0 radical (unpaired) electrons. The van der Waals surface area contributed by atoms with E-state index in [4.69, 9.17) is 9.47 Å². The number of nitrogens with zero attached hydrogens (tertiary/aromatic N) is 5. The van der Waals surface area contributed by atoms with E-state index in [1.807, 2.05) is 31.2 Å². The first-order valence-corrected chi connectivity index (χ1v) is 13.6. The van der Waals surface area contributed by atoms with Gasteiger partial charge >= 0.3 is 6.18 Å². The highest BCUT2D eigenvalue weighted by atomic mass is 19.4.